The molecule has 0 aliphatic carbocycles. The first kappa shape index (κ1) is 22.4. The number of halogens is 1. The van der Waals surface area contributed by atoms with Crippen LogP contribution in [0.3, 0.4) is 0 Å². The lowest BCUT2D eigenvalue weighted by Crippen LogP contribution is -2.28. The number of ether oxygens (including phenoxy) is 1. The fourth-order valence-electron chi connectivity index (χ4n) is 3.68. The topological polar surface area (TPSA) is 101 Å². The number of benzene rings is 2. The number of hydrogen-bond donors (Lipinski definition) is 2. The molecule has 2 N–H and O–H groups in total. The number of methoxy groups -OCH3 is 1. The van der Waals surface area contributed by atoms with Crippen molar-refractivity contribution in [1.82, 2.24) is 0 Å². The number of rotatable bonds is 6. The second-order valence-corrected chi connectivity index (χ2v) is 8.13. The molecule has 1 aromatic heterocycles. The van der Waals surface area contributed by atoms with Crippen molar-refractivity contribution in [1.29, 1.82) is 0 Å². The minimum absolute atomic E-state index is 0.0601. The third kappa shape index (κ3) is 4.85. The predicted octanol–water partition coefficient (Wildman–Crippen LogP) is 4.49. The van der Waals surface area contributed by atoms with Crippen molar-refractivity contribution in [3.05, 3.63) is 71.1 Å². The van der Waals surface area contributed by atoms with Gasteiger partial charge in [0, 0.05) is 18.0 Å². The van der Waals surface area contributed by atoms with E-state index >= 15 is 0 Å². The van der Waals surface area contributed by atoms with Gasteiger partial charge in [0.2, 0.25) is 11.8 Å². The second kappa shape index (κ2) is 9.38. The average molecular weight is 468 g/mol. The van der Waals surface area contributed by atoms with Crippen LogP contribution in [-0.2, 0) is 9.59 Å². The monoisotopic (exact) mass is 467 g/mol. The van der Waals surface area contributed by atoms with Gasteiger partial charge in [0.15, 0.2) is 5.76 Å². The van der Waals surface area contributed by atoms with E-state index in [-0.39, 0.29) is 30.5 Å². The van der Waals surface area contributed by atoms with E-state index < -0.39 is 11.8 Å². The van der Waals surface area contributed by atoms with E-state index in [9.17, 15) is 14.4 Å². The lowest BCUT2D eigenvalue weighted by molar-refractivity contribution is -0.122. The molecule has 1 unspecified atom stereocenters. The Morgan fingerprint density at radius 2 is 1.94 bits per heavy atom. The Labute approximate surface area is 195 Å². The summed E-state index contributed by atoms with van der Waals surface area (Å²) >= 11 is 6.09. The van der Waals surface area contributed by atoms with Gasteiger partial charge < -0.3 is 24.7 Å². The smallest absolute Gasteiger partial charge is 0.291 e. The van der Waals surface area contributed by atoms with Crippen LogP contribution in [0, 0.1) is 12.8 Å². The van der Waals surface area contributed by atoms with Crippen molar-refractivity contribution in [2.75, 3.05) is 29.2 Å². The highest BCUT2D eigenvalue weighted by Crippen LogP contribution is 2.35. The Balaban J connectivity index is 1.51. The van der Waals surface area contributed by atoms with Gasteiger partial charge in [0.05, 0.1) is 36.4 Å². The number of hydrogen-bond acceptors (Lipinski definition) is 5. The quantitative estimate of drug-likeness (QED) is 0.556. The van der Waals surface area contributed by atoms with Crippen molar-refractivity contribution in [3.8, 4) is 5.75 Å². The summed E-state index contributed by atoms with van der Waals surface area (Å²) in [5.74, 6) is -0.875. The number of aryl methyl sites for hydroxylation is 1. The molecule has 2 heterocycles. The van der Waals surface area contributed by atoms with E-state index in [1.54, 1.807) is 29.2 Å². The van der Waals surface area contributed by atoms with Crippen LogP contribution in [0.5, 0.6) is 5.75 Å². The SMILES string of the molecule is COc1ccc(C)cc1N1CC(C(=O)Nc2ccc(Cl)cc2NC(=O)c2ccco2)CC1=O. The zero-order valence-corrected chi connectivity index (χ0v) is 18.8. The summed E-state index contributed by atoms with van der Waals surface area (Å²) in [5, 5.41) is 5.88. The van der Waals surface area contributed by atoms with Crippen LogP contribution < -0.4 is 20.3 Å². The molecule has 4 rings (SSSR count). The molecule has 3 amide bonds. The number of carbonyl (C=O) groups excluding carboxylic acids is 3. The minimum Gasteiger partial charge on any atom is -0.495 e. The molecule has 1 atom stereocenters. The zero-order valence-electron chi connectivity index (χ0n) is 18.1. The maximum absolute atomic E-state index is 13.0. The molecule has 0 radical (unpaired) electrons. The van der Waals surface area contributed by atoms with Crippen molar-refractivity contribution < 1.29 is 23.5 Å². The zero-order chi connectivity index (χ0) is 23.5. The molecule has 3 aromatic rings. The first-order valence-electron chi connectivity index (χ1n) is 10.3. The largest absolute Gasteiger partial charge is 0.495 e. The molecule has 170 valence electrons. The maximum Gasteiger partial charge on any atom is 0.291 e. The van der Waals surface area contributed by atoms with Gasteiger partial charge in [-0.05, 0) is 55.0 Å². The highest BCUT2D eigenvalue weighted by atomic mass is 35.5. The molecule has 1 aliphatic rings. The summed E-state index contributed by atoms with van der Waals surface area (Å²) in [6.07, 6.45) is 1.45. The molecule has 0 spiro atoms. The summed E-state index contributed by atoms with van der Waals surface area (Å²) in [5.41, 5.74) is 2.29. The number of anilines is 3. The van der Waals surface area contributed by atoms with Crippen molar-refractivity contribution in [3.63, 3.8) is 0 Å². The highest BCUT2D eigenvalue weighted by Gasteiger charge is 2.36. The van der Waals surface area contributed by atoms with Crippen molar-refractivity contribution in [2.45, 2.75) is 13.3 Å². The Morgan fingerprint density at radius 1 is 1.12 bits per heavy atom. The number of amides is 3. The van der Waals surface area contributed by atoms with E-state index in [4.69, 9.17) is 20.8 Å². The first-order valence-corrected chi connectivity index (χ1v) is 10.6. The number of nitrogens with one attached hydrogen (secondary N) is 2. The molecule has 8 nitrogen and oxygen atoms in total. The third-order valence-corrected chi connectivity index (χ3v) is 5.59. The molecule has 0 saturated carbocycles. The predicted molar refractivity (Wildman–Crippen MR) is 125 cm³/mol. The third-order valence-electron chi connectivity index (χ3n) is 5.35. The molecule has 1 saturated heterocycles. The summed E-state index contributed by atoms with van der Waals surface area (Å²) in [4.78, 5) is 39.7. The summed E-state index contributed by atoms with van der Waals surface area (Å²) < 4.78 is 10.5. The lowest BCUT2D eigenvalue weighted by atomic mass is 10.1. The van der Waals surface area contributed by atoms with Crippen LogP contribution in [0.1, 0.15) is 22.5 Å². The summed E-state index contributed by atoms with van der Waals surface area (Å²) in [6.45, 7) is 2.14. The van der Waals surface area contributed by atoms with Crippen LogP contribution in [0.15, 0.2) is 59.2 Å². The first-order chi connectivity index (χ1) is 15.9. The lowest BCUT2D eigenvalue weighted by Gasteiger charge is -2.20. The molecule has 2 aromatic carbocycles. The maximum atomic E-state index is 13.0. The van der Waals surface area contributed by atoms with Gasteiger partial charge in [-0.1, -0.05) is 17.7 Å². The van der Waals surface area contributed by atoms with Gasteiger partial charge in [-0.3, -0.25) is 14.4 Å². The van der Waals surface area contributed by atoms with E-state index in [0.29, 0.717) is 27.8 Å². The van der Waals surface area contributed by atoms with Gasteiger partial charge in [-0.2, -0.15) is 0 Å². The molecular weight excluding hydrogens is 446 g/mol. The Kier molecular flexibility index (Phi) is 6.37. The van der Waals surface area contributed by atoms with E-state index in [1.165, 1.54) is 25.5 Å². The van der Waals surface area contributed by atoms with Crippen LogP contribution in [0.2, 0.25) is 5.02 Å². The van der Waals surface area contributed by atoms with Crippen LogP contribution >= 0.6 is 11.6 Å². The van der Waals surface area contributed by atoms with E-state index in [2.05, 4.69) is 10.6 Å². The van der Waals surface area contributed by atoms with Gasteiger partial charge in [-0.15, -0.1) is 0 Å². The average Bonchev–Trinajstić information content (AvgIpc) is 3.45. The molecule has 33 heavy (non-hydrogen) atoms. The Morgan fingerprint density at radius 3 is 2.67 bits per heavy atom. The molecule has 1 aliphatic heterocycles. The van der Waals surface area contributed by atoms with Crippen LogP contribution in [0.4, 0.5) is 17.1 Å². The fourth-order valence-corrected chi connectivity index (χ4v) is 3.85. The minimum atomic E-state index is -0.577. The second-order valence-electron chi connectivity index (χ2n) is 7.69. The number of furan rings is 1. The van der Waals surface area contributed by atoms with Crippen LogP contribution in [0.25, 0.3) is 0 Å². The standard InChI is InChI=1S/C24H22ClN3O5/c1-14-5-8-20(32-2)19(10-14)28-13-15(11-22(28)29)23(30)26-17-7-6-16(25)12-18(17)27-24(31)21-4-3-9-33-21/h3-10,12,15H,11,13H2,1-2H3,(H,26,30)(H,27,31). The summed E-state index contributed by atoms with van der Waals surface area (Å²) in [7, 11) is 1.54. The molecule has 1 fully saturated rings. The highest BCUT2D eigenvalue weighted by molar-refractivity contribution is 6.31. The van der Waals surface area contributed by atoms with Crippen LogP contribution in [-0.4, -0.2) is 31.4 Å². The molecule has 9 heteroatoms. The Bertz CT molecular complexity index is 1210. The fraction of sp³-hybridized carbons (Fsp3) is 0.208. The van der Waals surface area contributed by atoms with Gasteiger partial charge >= 0.3 is 0 Å². The Hall–Kier alpha value is -3.78. The van der Waals surface area contributed by atoms with Crippen molar-refractivity contribution in [2.24, 2.45) is 5.92 Å². The normalized spacial score (nSPS) is 15.4. The van der Waals surface area contributed by atoms with Crippen molar-refractivity contribution >= 4 is 46.4 Å². The van der Waals surface area contributed by atoms with Gasteiger partial charge in [0.1, 0.15) is 5.75 Å². The van der Waals surface area contributed by atoms with E-state index in [0.717, 1.165) is 5.56 Å². The van der Waals surface area contributed by atoms with E-state index in [1.807, 2.05) is 19.1 Å². The van der Waals surface area contributed by atoms with Gasteiger partial charge in [0.25, 0.3) is 5.91 Å². The summed E-state index contributed by atoms with van der Waals surface area (Å²) in [6, 6.07) is 13.4. The number of nitrogens with zero attached hydrogens (tertiary/aromatic N) is 1. The molecule has 0 bridgehead atoms. The molecular formula is C24H22ClN3O5. The van der Waals surface area contributed by atoms with Gasteiger partial charge in [-0.25, -0.2) is 0 Å². The number of carbonyl (C=O) groups is 3.